The van der Waals surface area contributed by atoms with Gasteiger partial charge in [0.15, 0.2) is 5.96 Å². The number of piperidine rings is 1. The Kier molecular flexibility index (Phi) is 7.58. The van der Waals surface area contributed by atoms with Gasteiger partial charge in [-0.05, 0) is 42.6 Å². The van der Waals surface area contributed by atoms with Gasteiger partial charge in [-0.1, -0.05) is 30.3 Å². The molecule has 1 saturated heterocycles. The molecule has 7 nitrogen and oxygen atoms in total. The summed E-state index contributed by atoms with van der Waals surface area (Å²) in [6.45, 7) is 3.90. The molecule has 0 bridgehead atoms. The lowest BCUT2D eigenvalue weighted by atomic mass is 9.97. The third-order valence-electron chi connectivity index (χ3n) is 5.15. The second-order valence-electron chi connectivity index (χ2n) is 7.40. The fourth-order valence-corrected chi connectivity index (χ4v) is 3.61. The van der Waals surface area contributed by atoms with E-state index in [4.69, 9.17) is 5.73 Å². The van der Waals surface area contributed by atoms with E-state index >= 15 is 0 Å². The van der Waals surface area contributed by atoms with Gasteiger partial charge in [0.25, 0.3) is 0 Å². The molecule has 0 aliphatic carbocycles. The highest BCUT2D eigenvalue weighted by Gasteiger charge is 2.23. The fourth-order valence-electron chi connectivity index (χ4n) is 3.61. The first-order valence-corrected chi connectivity index (χ1v) is 10.1. The summed E-state index contributed by atoms with van der Waals surface area (Å²) in [7, 11) is 1.76. The van der Waals surface area contributed by atoms with Gasteiger partial charge in [0.05, 0.1) is 18.2 Å². The van der Waals surface area contributed by atoms with Crippen LogP contribution < -0.4 is 16.4 Å². The normalized spacial score (nSPS) is 17.7. The van der Waals surface area contributed by atoms with Crippen molar-refractivity contribution in [2.45, 2.75) is 32.5 Å². The molecule has 1 aliphatic heterocycles. The van der Waals surface area contributed by atoms with Crippen molar-refractivity contribution in [1.82, 2.24) is 20.5 Å². The lowest BCUT2D eigenvalue weighted by Gasteiger charge is -2.31. The van der Waals surface area contributed by atoms with Gasteiger partial charge in [0.2, 0.25) is 5.91 Å². The molecule has 2 heterocycles. The highest BCUT2D eigenvalue weighted by Crippen LogP contribution is 2.18. The summed E-state index contributed by atoms with van der Waals surface area (Å²) in [4.78, 5) is 22.4. The van der Waals surface area contributed by atoms with Gasteiger partial charge >= 0.3 is 0 Å². The van der Waals surface area contributed by atoms with Gasteiger partial charge in [0, 0.05) is 32.9 Å². The van der Waals surface area contributed by atoms with Crippen LogP contribution in [-0.2, 0) is 24.4 Å². The molecule has 29 heavy (non-hydrogen) atoms. The first-order valence-electron chi connectivity index (χ1n) is 10.1. The molecule has 4 N–H and O–H groups in total. The van der Waals surface area contributed by atoms with Crippen LogP contribution in [0.15, 0.2) is 53.7 Å². The van der Waals surface area contributed by atoms with Crippen LogP contribution in [0, 0.1) is 5.92 Å². The minimum atomic E-state index is -0.183. The molecule has 7 heteroatoms. The molecular weight excluding hydrogens is 364 g/mol. The number of nitrogens with zero attached hydrogens (tertiary/aromatic N) is 3. The van der Waals surface area contributed by atoms with Crippen molar-refractivity contribution < 1.29 is 4.79 Å². The number of aromatic nitrogens is 1. The van der Waals surface area contributed by atoms with E-state index in [2.05, 4.69) is 49.8 Å². The van der Waals surface area contributed by atoms with E-state index < -0.39 is 0 Å². The van der Waals surface area contributed by atoms with E-state index in [1.807, 2.05) is 18.2 Å². The quantitative estimate of drug-likeness (QED) is 0.490. The van der Waals surface area contributed by atoms with E-state index in [1.165, 1.54) is 11.1 Å². The molecule has 3 rings (SSSR count). The summed E-state index contributed by atoms with van der Waals surface area (Å²) in [6, 6.07) is 14.4. The van der Waals surface area contributed by atoms with Gasteiger partial charge in [0.1, 0.15) is 0 Å². The molecule has 1 fully saturated rings. The molecule has 1 aromatic heterocycles. The zero-order chi connectivity index (χ0) is 20.5. The van der Waals surface area contributed by atoms with Gasteiger partial charge in [-0.2, -0.15) is 0 Å². The van der Waals surface area contributed by atoms with E-state index in [1.54, 1.807) is 13.2 Å². The summed E-state index contributed by atoms with van der Waals surface area (Å²) in [5.41, 5.74) is 8.89. The minimum absolute atomic E-state index is 0.0258. The lowest BCUT2D eigenvalue weighted by Crippen LogP contribution is -2.40. The Labute approximate surface area is 172 Å². The fraction of sp³-hybridized carbons (Fsp3) is 0.409. The van der Waals surface area contributed by atoms with E-state index in [0.29, 0.717) is 13.1 Å². The Hall–Kier alpha value is -2.93. The standard InChI is InChI=1S/C22H30N6O/c1-24-22(27-14-20-9-2-3-10-25-20)26-13-17-6-4-7-18(12-17)15-28-11-5-8-19(16-28)21(23)29/h2-4,6-7,9-10,12,19H,5,8,11,13-16H2,1H3,(H2,23,29)(H2,24,26,27). The van der Waals surface area contributed by atoms with Crippen LogP contribution in [0.5, 0.6) is 0 Å². The highest BCUT2D eigenvalue weighted by atomic mass is 16.1. The second-order valence-corrected chi connectivity index (χ2v) is 7.40. The molecule has 1 amide bonds. The Morgan fingerprint density at radius 3 is 2.79 bits per heavy atom. The van der Waals surface area contributed by atoms with Crippen molar-refractivity contribution in [1.29, 1.82) is 0 Å². The number of rotatable bonds is 7. The molecular formula is C22H30N6O. The number of pyridine rings is 1. The number of carbonyl (C=O) groups is 1. The maximum absolute atomic E-state index is 11.5. The number of aliphatic imine (C=N–C) groups is 1. The monoisotopic (exact) mass is 394 g/mol. The molecule has 2 aromatic rings. The molecule has 154 valence electrons. The highest BCUT2D eigenvalue weighted by molar-refractivity contribution is 5.79. The Morgan fingerprint density at radius 2 is 2.03 bits per heavy atom. The van der Waals surface area contributed by atoms with Crippen LogP contribution in [-0.4, -0.2) is 41.9 Å². The average Bonchev–Trinajstić information content (AvgIpc) is 2.75. The van der Waals surface area contributed by atoms with Crippen molar-refractivity contribution in [3.05, 3.63) is 65.5 Å². The van der Waals surface area contributed by atoms with Gasteiger partial charge < -0.3 is 16.4 Å². The number of hydrogen-bond donors (Lipinski definition) is 3. The molecule has 0 radical (unpaired) electrons. The number of hydrogen-bond acceptors (Lipinski definition) is 4. The molecule has 1 atom stereocenters. The van der Waals surface area contributed by atoms with Crippen molar-refractivity contribution in [3.8, 4) is 0 Å². The van der Waals surface area contributed by atoms with Crippen LogP contribution in [0.25, 0.3) is 0 Å². The minimum Gasteiger partial charge on any atom is -0.369 e. The van der Waals surface area contributed by atoms with Crippen molar-refractivity contribution >= 4 is 11.9 Å². The van der Waals surface area contributed by atoms with E-state index in [-0.39, 0.29) is 11.8 Å². The predicted molar refractivity (Wildman–Crippen MR) is 115 cm³/mol. The largest absolute Gasteiger partial charge is 0.369 e. The molecule has 1 aromatic carbocycles. The molecule has 1 unspecified atom stereocenters. The summed E-state index contributed by atoms with van der Waals surface area (Å²) in [6.07, 6.45) is 3.71. The van der Waals surface area contributed by atoms with Crippen LogP contribution in [0.3, 0.4) is 0 Å². The number of guanidine groups is 1. The van der Waals surface area contributed by atoms with Gasteiger partial charge in [-0.3, -0.25) is 19.7 Å². The number of carbonyl (C=O) groups excluding carboxylic acids is 1. The van der Waals surface area contributed by atoms with Gasteiger partial charge in [-0.15, -0.1) is 0 Å². The Balaban J connectivity index is 1.50. The summed E-state index contributed by atoms with van der Waals surface area (Å²) >= 11 is 0. The zero-order valence-corrected chi connectivity index (χ0v) is 17.0. The molecule has 0 saturated carbocycles. The van der Waals surface area contributed by atoms with Gasteiger partial charge in [-0.25, -0.2) is 0 Å². The van der Waals surface area contributed by atoms with Crippen molar-refractivity contribution in [2.24, 2.45) is 16.6 Å². The summed E-state index contributed by atoms with van der Waals surface area (Å²) in [5, 5.41) is 6.62. The van der Waals surface area contributed by atoms with Crippen molar-refractivity contribution in [3.63, 3.8) is 0 Å². The maximum Gasteiger partial charge on any atom is 0.221 e. The maximum atomic E-state index is 11.5. The Morgan fingerprint density at radius 1 is 1.21 bits per heavy atom. The lowest BCUT2D eigenvalue weighted by molar-refractivity contribution is -0.123. The SMILES string of the molecule is CN=C(NCc1cccc(CN2CCCC(C(N)=O)C2)c1)NCc1ccccn1. The number of likely N-dealkylation sites (tertiary alicyclic amines) is 1. The zero-order valence-electron chi connectivity index (χ0n) is 17.0. The number of primary amides is 1. The van der Waals surface area contributed by atoms with Crippen LogP contribution in [0.4, 0.5) is 0 Å². The first-order chi connectivity index (χ1) is 14.1. The average molecular weight is 395 g/mol. The smallest absolute Gasteiger partial charge is 0.221 e. The van der Waals surface area contributed by atoms with Crippen LogP contribution in [0.1, 0.15) is 29.7 Å². The topological polar surface area (TPSA) is 95.6 Å². The van der Waals surface area contributed by atoms with Crippen LogP contribution >= 0.6 is 0 Å². The van der Waals surface area contributed by atoms with E-state index in [9.17, 15) is 4.79 Å². The number of nitrogens with one attached hydrogen (secondary N) is 2. The molecule has 0 spiro atoms. The molecule has 1 aliphatic rings. The third kappa shape index (κ3) is 6.57. The van der Waals surface area contributed by atoms with Crippen LogP contribution in [0.2, 0.25) is 0 Å². The third-order valence-corrected chi connectivity index (χ3v) is 5.15. The summed E-state index contributed by atoms with van der Waals surface area (Å²) < 4.78 is 0. The van der Waals surface area contributed by atoms with Crippen molar-refractivity contribution in [2.75, 3.05) is 20.1 Å². The number of benzene rings is 1. The predicted octanol–water partition coefficient (Wildman–Crippen LogP) is 1.64. The summed E-state index contributed by atoms with van der Waals surface area (Å²) in [5.74, 6) is 0.528. The van der Waals surface area contributed by atoms with E-state index in [0.717, 1.165) is 44.1 Å². The Bertz CT molecular complexity index is 823. The number of nitrogens with two attached hydrogens (primary N) is 1. The number of amides is 1. The second kappa shape index (κ2) is 10.6. The first kappa shape index (κ1) is 20.8.